The Bertz CT molecular complexity index is 889. The highest BCUT2D eigenvalue weighted by molar-refractivity contribution is 6.31. The maximum absolute atomic E-state index is 13.2. The van der Waals surface area contributed by atoms with Crippen molar-refractivity contribution < 1.29 is 9.18 Å². The lowest BCUT2D eigenvalue weighted by atomic mass is 10.2. The zero-order chi connectivity index (χ0) is 17.6. The Balaban J connectivity index is 1.67. The molecule has 1 aromatic heterocycles. The number of hydrogen-bond acceptors (Lipinski definition) is 4. The van der Waals surface area contributed by atoms with Crippen LogP contribution in [0, 0.1) is 5.82 Å². The van der Waals surface area contributed by atoms with E-state index in [4.69, 9.17) is 11.6 Å². The number of benzene rings is 2. The number of carbonyl (C=O) groups is 1. The van der Waals surface area contributed by atoms with E-state index in [1.807, 2.05) is 30.3 Å². The molecule has 126 valence electrons. The highest BCUT2D eigenvalue weighted by Gasteiger charge is 2.10. The Morgan fingerprint density at radius 3 is 2.68 bits per heavy atom. The van der Waals surface area contributed by atoms with Crippen LogP contribution in [0.3, 0.4) is 0 Å². The molecule has 0 fully saturated rings. The number of halogens is 2. The lowest BCUT2D eigenvalue weighted by Gasteiger charge is -2.08. The maximum atomic E-state index is 13.2. The third-order valence-corrected chi connectivity index (χ3v) is 3.65. The highest BCUT2D eigenvalue weighted by atomic mass is 35.5. The average molecular weight is 357 g/mol. The fourth-order valence-corrected chi connectivity index (χ4v) is 2.30. The first kappa shape index (κ1) is 16.9. The van der Waals surface area contributed by atoms with Crippen LogP contribution >= 0.6 is 11.6 Å². The van der Waals surface area contributed by atoms with Crippen LogP contribution in [-0.4, -0.2) is 15.9 Å². The molecule has 3 rings (SSSR count). The number of amides is 1. The van der Waals surface area contributed by atoms with Gasteiger partial charge < -0.3 is 10.6 Å². The summed E-state index contributed by atoms with van der Waals surface area (Å²) in [4.78, 5) is 20.6. The molecule has 0 aliphatic rings. The van der Waals surface area contributed by atoms with Crippen molar-refractivity contribution in [1.29, 1.82) is 0 Å². The van der Waals surface area contributed by atoms with Gasteiger partial charge in [0, 0.05) is 18.4 Å². The van der Waals surface area contributed by atoms with Crippen LogP contribution in [0.4, 0.5) is 16.0 Å². The number of nitrogens with one attached hydrogen (secondary N) is 2. The van der Waals surface area contributed by atoms with Gasteiger partial charge in [-0.1, -0.05) is 41.9 Å². The number of carbonyl (C=O) groups excluding carboxylic acids is 1. The summed E-state index contributed by atoms with van der Waals surface area (Å²) in [5, 5.41) is 5.62. The van der Waals surface area contributed by atoms with Gasteiger partial charge in [0.05, 0.1) is 5.02 Å². The van der Waals surface area contributed by atoms with Gasteiger partial charge in [-0.15, -0.1) is 0 Å². The van der Waals surface area contributed by atoms with Crippen molar-refractivity contribution in [2.45, 2.75) is 6.54 Å². The van der Waals surface area contributed by atoms with E-state index in [0.717, 1.165) is 5.56 Å². The van der Waals surface area contributed by atoms with Gasteiger partial charge in [0.25, 0.3) is 5.91 Å². The SMILES string of the molecule is O=C(Nc1ccc(F)c(Cl)c1)c1ccnc(NCc2ccccc2)n1. The molecule has 0 aliphatic carbocycles. The minimum absolute atomic E-state index is 0.0642. The van der Waals surface area contributed by atoms with Crippen molar-refractivity contribution in [3.8, 4) is 0 Å². The normalized spacial score (nSPS) is 10.3. The topological polar surface area (TPSA) is 66.9 Å². The molecule has 0 radical (unpaired) electrons. The minimum atomic E-state index is -0.547. The zero-order valence-electron chi connectivity index (χ0n) is 13.0. The Morgan fingerprint density at radius 2 is 1.92 bits per heavy atom. The molecule has 1 heterocycles. The van der Waals surface area contributed by atoms with Crippen LogP contribution in [0.25, 0.3) is 0 Å². The van der Waals surface area contributed by atoms with Crippen molar-refractivity contribution in [2.75, 3.05) is 10.6 Å². The van der Waals surface area contributed by atoms with E-state index in [-0.39, 0.29) is 10.7 Å². The lowest BCUT2D eigenvalue weighted by Crippen LogP contribution is -2.15. The molecular weight excluding hydrogens is 343 g/mol. The molecule has 2 aromatic carbocycles. The molecule has 3 aromatic rings. The number of aromatic nitrogens is 2. The first-order chi connectivity index (χ1) is 12.1. The van der Waals surface area contributed by atoms with Gasteiger partial charge in [0.2, 0.25) is 5.95 Å². The van der Waals surface area contributed by atoms with Gasteiger partial charge in [-0.25, -0.2) is 14.4 Å². The van der Waals surface area contributed by atoms with Gasteiger partial charge in [-0.3, -0.25) is 4.79 Å². The van der Waals surface area contributed by atoms with Crippen LogP contribution in [0.1, 0.15) is 16.1 Å². The molecule has 0 unspecified atom stereocenters. The van der Waals surface area contributed by atoms with Crippen LogP contribution < -0.4 is 10.6 Å². The van der Waals surface area contributed by atoms with E-state index in [2.05, 4.69) is 20.6 Å². The summed E-state index contributed by atoms with van der Waals surface area (Å²) < 4.78 is 13.2. The van der Waals surface area contributed by atoms with Crippen molar-refractivity contribution in [1.82, 2.24) is 9.97 Å². The molecule has 0 saturated carbocycles. The van der Waals surface area contributed by atoms with Crippen molar-refractivity contribution in [2.24, 2.45) is 0 Å². The Hall–Kier alpha value is -2.99. The number of anilines is 2. The molecule has 25 heavy (non-hydrogen) atoms. The smallest absolute Gasteiger partial charge is 0.274 e. The number of rotatable bonds is 5. The summed E-state index contributed by atoms with van der Waals surface area (Å²) in [5.41, 5.74) is 1.64. The summed E-state index contributed by atoms with van der Waals surface area (Å²) in [6, 6.07) is 15.2. The summed E-state index contributed by atoms with van der Waals surface area (Å²) >= 11 is 5.71. The third kappa shape index (κ3) is 4.51. The van der Waals surface area contributed by atoms with E-state index in [9.17, 15) is 9.18 Å². The predicted molar refractivity (Wildman–Crippen MR) is 95.2 cm³/mol. The monoisotopic (exact) mass is 356 g/mol. The highest BCUT2D eigenvalue weighted by Crippen LogP contribution is 2.19. The Kier molecular flexibility index (Phi) is 5.20. The van der Waals surface area contributed by atoms with E-state index >= 15 is 0 Å². The largest absolute Gasteiger partial charge is 0.350 e. The van der Waals surface area contributed by atoms with Gasteiger partial charge in [0.1, 0.15) is 11.5 Å². The summed E-state index contributed by atoms with van der Waals surface area (Å²) in [6.45, 7) is 0.541. The van der Waals surface area contributed by atoms with E-state index < -0.39 is 11.7 Å². The molecule has 1 amide bonds. The van der Waals surface area contributed by atoms with Gasteiger partial charge in [-0.2, -0.15) is 0 Å². The van der Waals surface area contributed by atoms with Crippen molar-refractivity contribution in [3.63, 3.8) is 0 Å². The second-order valence-corrected chi connectivity index (χ2v) is 5.59. The second-order valence-electron chi connectivity index (χ2n) is 5.19. The number of hydrogen-bond donors (Lipinski definition) is 2. The van der Waals surface area contributed by atoms with Crippen molar-refractivity contribution in [3.05, 3.63) is 82.9 Å². The molecular formula is C18H14ClFN4O. The molecule has 0 spiro atoms. The molecule has 5 nitrogen and oxygen atoms in total. The van der Waals surface area contributed by atoms with E-state index in [1.54, 1.807) is 0 Å². The van der Waals surface area contributed by atoms with Gasteiger partial charge in [-0.05, 0) is 29.8 Å². The lowest BCUT2D eigenvalue weighted by molar-refractivity contribution is 0.102. The molecule has 0 saturated heterocycles. The zero-order valence-corrected chi connectivity index (χ0v) is 13.8. The standard InChI is InChI=1S/C18H14ClFN4O/c19-14-10-13(6-7-15(14)20)23-17(25)16-8-9-21-18(24-16)22-11-12-4-2-1-3-5-12/h1-10H,11H2,(H,23,25)(H,21,22,24). The fraction of sp³-hybridized carbons (Fsp3) is 0.0556. The molecule has 0 bridgehead atoms. The Labute approximate surface area is 148 Å². The van der Waals surface area contributed by atoms with E-state index in [1.165, 1.54) is 30.5 Å². The summed E-state index contributed by atoms with van der Waals surface area (Å²) in [5.74, 6) is -0.643. The fourth-order valence-electron chi connectivity index (χ4n) is 2.12. The van der Waals surface area contributed by atoms with Crippen molar-refractivity contribution >= 4 is 29.1 Å². The predicted octanol–water partition coefficient (Wildman–Crippen LogP) is 4.13. The minimum Gasteiger partial charge on any atom is -0.350 e. The summed E-state index contributed by atoms with van der Waals surface area (Å²) in [6.07, 6.45) is 1.49. The maximum Gasteiger partial charge on any atom is 0.274 e. The first-order valence-corrected chi connectivity index (χ1v) is 7.87. The molecule has 0 atom stereocenters. The quantitative estimate of drug-likeness (QED) is 0.721. The van der Waals surface area contributed by atoms with Crippen LogP contribution in [0.2, 0.25) is 5.02 Å². The second kappa shape index (κ2) is 7.72. The number of nitrogens with zero attached hydrogens (tertiary/aromatic N) is 2. The van der Waals surface area contributed by atoms with E-state index in [0.29, 0.717) is 18.2 Å². The van der Waals surface area contributed by atoms with Crippen LogP contribution in [0.15, 0.2) is 60.8 Å². The summed E-state index contributed by atoms with van der Waals surface area (Å²) in [7, 11) is 0. The van der Waals surface area contributed by atoms with Gasteiger partial charge in [0.15, 0.2) is 0 Å². The van der Waals surface area contributed by atoms with Crippen LogP contribution in [-0.2, 0) is 6.54 Å². The van der Waals surface area contributed by atoms with Crippen LogP contribution in [0.5, 0.6) is 0 Å². The first-order valence-electron chi connectivity index (χ1n) is 7.49. The molecule has 2 N–H and O–H groups in total. The average Bonchev–Trinajstić information content (AvgIpc) is 2.64. The molecule has 0 aliphatic heterocycles. The third-order valence-electron chi connectivity index (χ3n) is 3.36. The molecule has 7 heteroatoms. The Morgan fingerprint density at radius 1 is 1.12 bits per heavy atom. The van der Waals surface area contributed by atoms with Gasteiger partial charge >= 0.3 is 0 Å².